The Kier molecular flexibility index (Phi) is 3.33. The van der Waals surface area contributed by atoms with Crippen molar-refractivity contribution in [3.05, 3.63) is 35.4 Å². The molecule has 0 atom stereocenters. The highest BCUT2D eigenvalue weighted by Gasteiger charge is 2.41. The summed E-state index contributed by atoms with van der Waals surface area (Å²) < 4.78 is 10.7. The highest BCUT2D eigenvalue weighted by molar-refractivity contribution is 6.21. The Balaban J connectivity index is 1.76. The van der Waals surface area contributed by atoms with E-state index >= 15 is 0 Å². The molecular formula is C14H13NO5. The second-order valence-corrected chi connectivity index (χ2v) is 4.68. The van der Waals surface area contributed by atoms with Crippen molar-refractivity contribution in [2.24, 2.45) is 0 Å². The molecule has 6 nitrogen and oxygen atoms in total. The molecule has 1 saturated heterocycles. The third kappa shape index (κ3) is 2.03. The van der Waals surface area contributed by atoms with Crippen LogP contribution in [0.25, 0.3) is 0 Å². The molecule has 1 aromatic carbocycles. The fourth-order valence-corrected chi connectivity index (χ4v) is 2.44. The Bertz CT molecular complexity index is 527. The van der Waals surface area contributed by atoms with Gasteiger partial charge in [0.25, 0.3) is 11.8 Å². The van der Waals surface area contributed by atoms with E-state index in [1.807, 2.05) is 0 Å². The lowest BCUT2D eigenvalue weighted by Crippen LogP contribution is -2.49. The van der Waals surface area contributed by atoms with E-state index in [4.69, 9.17) is 9.47 Å². The van der Waals surface area contributed by atoms with Crippen LogP contribution >= 0.6 is 0 Å². The summed E-state index contributed by atoms with van der Waals surface area (Å²) in [6, 6.07) is 6.26. The second-order valence-electron chi connectivity index (χ2n) is 4.68. The minimum Gasteiger partial charge on any atom is -0.350 e. The lowest BCUT2D eigenvalue weighted by molar-refractivity contribution is -0.197. The zero-order valence-electron chi connectivity index (χ0n) is 10.7. The van der Waals surface area contributed by atoms with Crippen LogP contribution < -0.4 is 0 Å². The number of carbonyl (C=O) groups is 3. The van der Waals surface area contributed by atoms with Gasteiger partial charge in [0, 0.05) is 0 Å². The second kappa shape index (κ2) is 5.15. The summed E-state index contributed by atoms with van der Waals surface area (Å²) in [5.74, 6) is -0.645. The first-order valence-electron chi connectivity index (χ1n) is 6.36. The summed E-state index contributed by atoms with van der Waals surface area (Å²) in [6.07, 6.45) is 0.279. The number of carbonyl (C=O) groups excluding carboxylic acids is 3. The molecule has 20 heavy (non-hydrogen) atoms. The highest BCUT2D eigenvalue weighted by Crippen LogP contribution is 2.26. The summed E-state index contributed by atoms with van der Waals surface area (Å²) in [5.41, 5.74) is 0.819. The van der Waals surface area contributed by atoms with Crippen molar-refractivity contribution < 1.29 is 23.9 Å². The molecule has 1 aromatic rings. The molecule has 0 unspecified atom stereocenters. The summed E-state index contributed by atoms with van der Waals surface area (Å²) >= 11 is 0. The molecule has 2 aliphatic heterocycles. The standard InChI is InChI=1S/C14H13NO5/c16-6-5-12-19-7-9(8-20-12)15-13(17)10-3-1-2-4-11(10)14(15)18/h1-4,6,9,12H,5,7-8H2. The number of fused-ring (bicyclic) bond motifs is 1. The molecular weight excluding hydrogens is 262 g/mol. The molecule has 0 radical (unpaired) electrons. The van der Waals surface area contributed by atoms with E-state index in [9.17, 15) is 14.4 Å². The molecule has 1 fully saturated rings. The Morgan fingerprint density at radius 3 is 2.15 bits per heavy atom. The smallest absolute Gasteiger partial charge is 0.261 e. The topological polar surface area (TPSA) is 72.9 Å². The summed E-state index contributed by atoms with van der Waals surface area (Å²) in [6.45, 7) is 0.369. The predicted molar refractivity (Wildman–Crippen MR) is 67.1 cm³/mol. The van der Waals surface area contributed by atoms with Crippen LogP contribution in [0.3, 0.4) is 0 Å². The van der Waals surface area contributed by atoms with Crippen molar-refractivity contribution in [2.45, 2.75) is 18.8 Å². The number of ether oxygens (including phenoxy) is 2. The van der Waals surface area contributed by atoms with Crippen molar-refractivity contribution in [2.75, 3.05) is 13.2 Å². The molecule has 2 amide bonds. The lowest BCUT2D eigenvalue weighted by atomic mass is 10.1. The number of aldehydes is 1. The monoisotopic (exact) mass is 275 g/mol. The van der Waals surface area contributed by atoms with E-state index < -0.39 is 12.3 Å². The van der Waals surface area contributed by atoms with E-state index in [0.717, 1.165) is 0 Å². The first kappa shape index (κ1) is 13.0. The van der Waals surface area contributed by atoms with E-state index in [0.29, 0.717) is 17.4 Å². The van der Waals surface area contributed by atoms with Gasteiger partial charge in [0.2, 0.25) is 0 Å². The number of rotatable bonds is 3. The average Bonchev–Trinajstić information content (AvgIpc) is 2.73. The van der Waals surface area contributed by atoms with Crippen LogP contribution in [0.2, 0.25) is 0 Å². The van der Waals surface area contributed by atoms with Crippen LogP contribution in [0.4, 0.5) is 0 Å². The van der Waals surface area contributed by atoms with Gasteiger partial charge in [-0.15, -0.1) is 0 Å². The fourth-order valence-electron chi connectivity index (χ4n) is 2.44. The quantitative estimate of drug-likeness (QED) is 0.597. The van der Waals surface area contributed by atoms with Gasteiger partial charge in [-0.3, -0.25) is 14.5 Å². The molecule has 0 spiro atoms. The number of benzene rings is 1. The van der Waals surface area contributed by atoms with Crippen LogP contribution in [0.15, 0.2) is 24.3 Å². The molecule has 104 valence electrons. The number of amides is 2. The highest BCUT2D eigenvalue weighted by atomic mass is 16.7. The minimum atomic E-state index is -0.584. The molecule has 0 saturated carbocycles. The maximum Gasteiger partial charge on any atom is 0.261 e. The Morgan fingerprint density at radius 1 is 1.10 bits per heavy atom. The third-order valence-corrected chi connectivity index (χ3v) is 3.43. The van der Waals surface area contributed by atoms with Crippen LogP contribution in [0, 0.1) is 0 Å². The summed E-state index contributed by atoms with van der Waals surface area (Å²) in [7, 11) is 0. The fraction of sp³-hybridized carbons (Fsp3) is 0.357. The van der Waals surface area contributed by atoms with Gasteiger partial charge in [0.15, 0.2) is 6.29 Å². The van der Waals surface area contributed by atoms with Crippen LogP contribution in [0.1, 0.15) is 27.1 Å². The molecule has 0 bridgehead atoms. The van der Waals surface area contributed by atoms with Gasteiger partial charge in [-0.05, 0) is 12.1 Å². The maximum atomic E-state index is 12.3. The normalized spacial score (nSPS) is 25.7. The van der Waals surface area contributed by atoms with Crippen molar-refractivity contribution >= 4 is 18.1 Å². The van der Waals surface area contributed by atoms with Crippen LogP contribution in [-0.4, -0.2) is 48.5 Å². The SMILES string of the molecule is O=CCC1OCC(N2C(=O)c3ccccc3C2=O)CO1. The van der Waals surface area contributed by atoms with Gasteiger partial charge in [-0.1, -0.05) is 12.1 Å². The molecule has 0 aromatic heterocycles. The zero-order valence-corrected chi connectivity index (χ0v) is 10.7. The number of nitrogens with zero attached hydrogens (tertiary/aromatic N) is 1. The van der Waals surface area contributed by atoms with Crippen molar-refractivity contribution in [1.29, 1.82) is 0 Å². The van der Waals surface area contributed by atoms with Gasteiger partial charge in [0.1, 0.15) is 6.29 Å². The largest absolute Gasteiger partial charge is 0.350 e. The number of hydrogen-bond acceptors (Lipinski definition) is 5. The van der Waals surface area contributed by atoms with Crippen molar-refractivity contribution in [1.82, 2.24) is 4.90 Å². The minimum absolute atomic E-state index is 0.148. The number of imide groups is 1. The van der Waals surface area contributed by atoms with Gasteiger partial charge in [-0.2, -0.15) is 0 Å². The van der Waals surface area contributed by atoms with Gasteiger partial charge >= 0.3 is 0 Å². The Labute approximate surface area is 115 Å². The third-order valence-electron chi connectivity index (χ3n) is 3.43. The van der Waals surface area contributed by atoms with Crippen LogP contribution in [-0.2, 0) is 14.3 Å². The Morgan fingerprint density at radius 2 is 1.65 bits per heavy atom. The van der Waals surface area contributed by atoms with E-state index in [-0.39, 0.29) is 31.4 Å². The predicted octanol–water partition coefficient (Wildman–Crippen LogP) is 0.613. The molecule has 2 aliphatic rings. The first-order valence-corrected chi connectivity index (χ1v) is 6.36. The van der Waals surface area contributed by atoms with E-state index in [1.165, 1.54) is 4.90 Å². The zero-order chi connectivity index (χ0) is 14.1. The van der Waals surface area contributed by atoms with Gasteiger partial charge in [0.05, 0.1) is 36.8 Å². The lowest BCUT2D eigenvalue weighted by Gasteiger charge is -2.33. The first-order chi connectivity index (χ1) is 9.72. The molecule has 0 N–H and O–H groups in total. The molecule has 2 heterocycles. The van der Waals surface area contributed by atoms with E-state index in [2.05, 4.69) is 0 Å². The summed E-state index contributed by atoms with van der Waals surface area (Å²) in [5, 5.41) is 0. The maximum absolute atomic E-state index is 12.3. The van der Waals surface area contributed by atoms with Crippen molar-refractivity contribution in [3.63, 3.8) is 0 Å². The van der Waals surface area contributed by atoms with Gasteiger partial charge < -0.3 is 14.3 Å². The molecule has 3 rings (SSSR count). The van der Waals surface area contributed by atoms with Crippen LogP contribution in [0.5, 0.6) is 0 Å². The Hall–Kier alpha value is -2.05. The van der Waals surface area contributed by atoms with Crippen molar-refractivity contribution in [3.8, 4) is 0 Å². The average molecular weight is 275 g/mol. The molecule has 0 aliphatic carbocycles. The number of hydrogen-bond donors (Lipinski definition) is 0. The summed E-state index contributed by atoms with van der Waals surface area (Å²) in [4.78, 5) is 36.1. The molecule has 6 heteroatoms. The van der Waals surface area contributed by atoms with Gasteiger partial charge in [-0.25, -0.2) is 0 Å². The van der Waals surface area contributed by atoms with E-state index in [1.54, 1.807) is 24.3 Å².